The lowest BCUT2D eigenvalue weighted by Gasteiger charge is -2.28. The lowest BCUT2D eigenvalue weighted by molar-refractivity contribution is 0.0717. The molecule has 1 fully saturated rings. The number of rotatable bonds is 2. The molecule has 2 rings (SSSR count). The first kappa shape index (κ1) is 10.2. The summed E-state index contributed by atoms with van der Waals surface area (Å²) in [6, 6.07) is 1.64. The van der Waals surface area contributed by atoms with Gasteiger partial charge in [0.1, 0.15) is 0 Å². The molecule has 3 N–H and O–H groups in total. The Balaban J connectivity index is 1.93. The molecule has 1 aromatic heterocycles. The molecule has 1 aliphatic carbocycles. The number of aromatic amines is 1. The minimum Gasteiger partial charge on any atom is -0.391 e. The maximum absolute atomic E-state index is 11.7. The topological polar surface area (TPSA) is 65.1 Å². The molecule has 0 bridgehead atoms. The van der Waals surface area contributed by atoms with Crippen molar-refractivity contribution in [2.45, 2.75) is 37.8 Å². The van der Waals surface area contributed by atoms with Crippen LogP contribution in [0.2, 0.25) is 0 Å². The summed E-state index contributed by atoms with van der Waals surface area (Å²) in [5.74, 6) is -0.109. The van der Waals surface area contributed by atoms with Gasteiger partial charge in [-0.05, 0) is 18.9 Å². The largest absolute Gasteiger partial charge is 0.391 e. The average molecular weight is 208 g/mol. The molecule has 0 unspecified atom stereocenters. The molecule has 2 atom stereocenters. The lowest BCUT2D eigenvalue weighted by atomic mass is 9.92. The maximum atomic E-state index is 11.7. The van der Waals surface area contributed by atoms with Crippen LogP contribution in [0.3, 0.4) is 0 Å². The molecule has 1 aromatic rings. The lowest BCUT2D eigenvalue weighted by Crippen LogP contribution is -2.44. The molecule has 0 spiro atoms. The van der Waals surface area contributed by atoms with E-state index in [-0.39, 0.29) is 18.1 Å². The van der Waals surface area contributed by atoms with Crippen molar-refractivity contribution < 1.29 is 9.90 Å². The van der Waals surface area contributed by atoms with Crippen molar-refractivity contribution in [1.82, 2.24) is 10.3 Å². The van der Waals surface area contributed by atoms with E-state index in [1.54, 1.807) is 18.5 Å². The number of H-pyrrole nitrogens is 1. The van der Waals surface area contributed by atoms with E-state index in [9.17, 15) is 9.90 Å². The van der Waals surface area contributed by atoms with E-state index >= 15 is 0 Å². The highest BCUT2D eigenvalue weighted by molar-refractivity contribution is 5.94. The number of aromatic nitrogens is 1. The third-order valence-corrected chi connectivity index (χ3v) is 2.91. The summed E-state index contributed by atoms with van der Waals surface area (Å²) >= 11 is 0. The molecule has 4 heteroatoms. The minimum absolute atomic E-state index is 0.0823. The number of hydrogen-bond acceptors (Lipinski definition) is 2. The third-order valence-electron chi connectivity index (χ3n) is 2.91. The van der Waals surface area contributed by atoms with Crippen molar-refractivity contribution in [1.29, 1.82) is 0 Å². The van der Waals surface area contributed by atoms with Crippen molar-refractivity contribution in [2.75, 3.05) is 0 Å². The van der Waals surface area contributed by atoms with Crippen LogP contribution in [0.5, 0.6) is 0 Å². The van der Waals surface area contributed by atoms with E-state index in [0.717, 1.165) is 25.7 Å². The molecular weight excluding hydrogens is 192 g/mol. The number of aliphatic hydroxyl groups is 1. The van der Waals surface area contributed by atoms with Gasteiger partial charge in [-0.2, -0.15) is 0 Å². The molecule has 1 amide bonds. The van der Waals surface area contributed by atoms with E-state index in [1.165, 1.54) is 0 Å². The van der Waals surface area contributed by atoms with E-state index < -0.39 is 0 Å². The van der Waals surface area contributed by atoms with Crippen LogP contribution < -0.4 is 5.32 Å². The first-order chi connectivity index (χ1) is 7.27. The Bertz CT molecular complexity index is 321. The third kappa shape index (κ3) is 2.39. The molecule has 15 heavy (non-hydrogen) atoms. The van der Waals surface area contributed by atoms with Crippen LogP contribution in [0.4, 0.5) is 0 Å². The van der Waals surface area contributed by atoms with Crippen molar-refractivity contribution in [3.8, 4) is 0 Å². The number of aliphatic hydroxyl groups excluding tert-OH is 1. The van der Waals surface area contributed by atoms with Gasteiger partial charge in [0.15, 0.2) is 0 Å². The van der Waals surface area contributed by atoms with Gasteiger partial charge >= 0.3 is 0 Å². The molecule has 1 aliphatic rings. The van der Waals surface area contributed by atoms with Crippen LogP contribution in [0.15, 0.2) is 18.5 Å². The molecule has 1 saturated carbocycles. The van der Waals surface area contributed by atoms with Gasteiger partial charge in [0.2, 0.25) is 0 Å². The molecule has 0 aromatic carbocycles. The van der Waals surface area contributed by atoms with E-state index in [0.29, 0.717) is 5.56 Å². The van der Waals surface area contributed by atoms with Gasteiger partial charge in [0.05, 0.1) is 17.7 Å². The molecule has 0 radical (unpaired) electrons. The number of carbonyl (C=O) groups excluding carboxylic acids is 1. The van der Waals surface area contributed by atoms with Crippen molar-refractivity contribution >= 4 is 5.91 Å². The van der Waals surface area contributed by atoms with Gasteiger partial charge in [0, 0.05) is 12.4 Å². The Morgan fingerprint density at radius 3 is 2.93 bits per heavy atom. The quantitative estimate of drug-likeness (QED) is 0.680. The van der Waals surface area contributed by atoms with Crippen LogP contribution in [0.1, 0.15) is 36.0 Å². The fourth-order valence-corrected chi connectivity index (χ4v) is 2.00. The van der Waals surface area contributed by atoms with Crippen LogP contribution in [-0.2, 0) is 0 Å². The molecule has 0 aliphatic heterocycles. The normalized spacial score (nSPS) is 26.2. The highest BCUT2D eigenvalue weighted by atomic mass is 16.3. The van der Waals surface area contributed by atoms with E-state index in [4.69, 9.17) is 0 Å². The fourth-order valence-electron chi connectivity index (χ4n) is 2.00. The van der Waals surface area contributed by atoms with Crippen LogP contribution >= 0.6 is 0 Å². The molecular formula is C11H16N2O2. The fraction of sp³-hybridized carbons (Fsp3) is 0.545. The first-order valence-electron chi connectivity index (χ1n) is 5.39. The minimum atomic E-state index is -0.387. The standard InChI is InChI=1S/C11H16N2O2/c14-10-4-2-1-3-9(10)13-11(15)8-5-6-12-7-8/h5-7,9-10,12,14H,1-4H2,(H,13,15)/t9-,10-/m0/s1. The van der Waals surface area contributed by atoms with Crippen molar-refractivity contribution in [2.24, 2.45) is 0 Å². The summed E-state index contributed by atoms with van der Waals surface area (Å²) in [4.78, 5) is 14.5. The van der Waals surface area contributed by atoms with Gasteiger partial charge in [-0.15, -0.1) is 0 Å². The van der Waals surface area contributed by atoms with Gasteiger partial charge in [-0.1, -0.05) is 12.8 Å². The number of nitrogens with one attached hydrogen (secondary N) is 2. The van der Waals surface area contributed by atoms with Crippen molar-refractivity contribution in [3.05, 3.63) is 24.0 Å². The SMILES string of the molecule is O=C(N[C@H]1CCCC[C@@H]1O)c1cc[nH]c1. The zero-order valence-corrected chi connectivity index (χ0v) is 8.57. The Hall–Kier alpha value is -1.29. The molecule has 82 valence electrons. The second kappa shape index (κ2) is 4.49. The Kier molecular flexibility index (Phi) is 3.06. The molecule has 1 heterocycles. The number of carbonyl (C=O) groups is 1. The van der Waals surface area contributed by atoms with Gasteiger partial charge in [-0.25, -0.2) is 0 Å². The highest BCUT2D eigenvalue weighted by Gasteiger charge is 2.24. The molecule has 4 nitrogen and oxygen atoms in total. The predicted octanol–water partition coefficient (Wildman–Crippen LogP) is 1.05. The zero-order chi connectivity index (χ0) is 10.7. The smallest absolute Gasteiger partial charge is 0.253 e. The van der Waals surface area contributed by atoms with Crippen LogP contribution in [-0.4, -0.2) is 28.1 Å². The number of hydrogen-bond donors (Lipinski definition) is 3. The Morgan fingerprint density at radius 2 is 2.27 bits per heavy atom. The first-order valence-corrected chi connectivity index (χ1v) is 5.39. The summed E-state index contributed by atoms with van der Waals surface area (Å²) in [5.41, 5.74) is 0.618. The predicted molar refractivity (Wildman–Crippen MR) is 56.5 cm³/mol. The average Bonchev–Trinajstić information content (AvgIpc) is 2.74. The zero-order valence-electron chi connectivity index (χ0n) is 8.57. The summed E-state index contributed by atoms with van der Waals surface area (Å²) < 4.78 is 0. The van der Waals surface area contributed by atoms with Gasteiger partial charge in [-0.3, -0.25) is 4.79 Å². The second-order valence-corrected chi connectivity index (χ2v) is 4.03. The second-order valence-electron chi connectivity index (χ2n) is 4.03. The van der Waals surface area contributed by atoms with Crippen molar-refractivity contribution in [3.63, 3.8) is 0 Å². The summed E-state index contributed by atoms with van der Waals surface area (Å²) in [6.45, 7) is 0. The Labute approximate surface area is 88.7 Å². The highest BCUT2D eigenvalue weighted by Crippen LogP contribution is 2.18. The van der Waals surface area contributed by atoms with Gasteiger partial charge < -0.3 is 15.4 Å². The van der Waals surface area contributed by atoms with E-state index in [1.807, 2.05) is 0 Å². The van der Waals surface area contributed by atoms with Crippen LogP contribution in [0.25, 0.3) is 0 Å². The summed E-state index contributed by atoms with van der Waals surface area (Å²) in [6.07, 6.45) is 6.78. The summed E-state index contributed by atoms with van der Waals surface area (Å²) in [5, 5.41) is 12.6. The molecule has 0 saturated heterocycles. The van der Waals surface area contributed by atoms with Crippen LogP contribution in [0, 0.1) is 0 Å². The Morgan fingerprint density at radius 1 is 1.47 bits per heavy atom. The maximum Gasteiger partial charge on any atom is 0.253 e. The van der Waals surface area contributed by atoms with E-state index in [2.05, 4.69) is 10.3 Å². The van der Waals surface area contributed by atoms with Gasteiger partial charge in [0.25, 0.3) is 5.91 Å². The number of amides is 1. The monoisotopic (exact) mass is 208 g/mol. The summed E-state index contributed by atoms with van der Waals surface area (Å²) in [7, 11) is 0.